The van der Waals surface area contributed by atoms with Crippen molar-refractivity contribution in [3.63, 3.8) is 0 Å². The highest BCUT2D eigenvalue weighted by molar-refractivity contribution is 7.96. The van der Waals surface area contributed by atoms with E-state index in [1.807, 2.05) is 0 Å². The summed E-state index contributed by atoms with van der Waals surface area (Å²) < 4.78 is 7.91. The predicted molar refractivity (Wildman–Crippen MR) is 58.1 cm³/mol. The molecular formula is C8H15NO2S2. The molecule has 1 heterocycles. The van der Waals surface area contributed by atoms with Crippen LogP contribution in [0.3, 0.4) is 0 Å². The summed E-state index contributed by atoms with van der Waals surface area (Å²) >= 11 is 7.69. The van der Waals surface area contributed by atoms with Crippen molar-refractivity contribution in [3.8, 4) is 0 Å². The molecule has 0 aromatic carbocycles. The number of carbonyl (C=O) groups is 1. The predicted octanol–water partition coefficient (Wildman–Crippen LogP) is 1.06. The van der Waals surface area contributed by atoms with Crippen molar-refractivity contribution in [3.05, 3.63) is 0 Å². The number of ether oxygens (including phenoxy) is 1. The topological polar surface area (TPSA) is 38.3 Å². The second kappa shape index (κ2) is 5.90. The van der Waals surface area contributed by atoms with Gasteiger partial charge in [-0.25, -0.2) is 0 Å². The van der Waals surface area contributed by atoms with E-state index in [9.17, 15) is 4.79 Å². The van der Waals surface area contributed by atoms with Gasteiger partial charge in [-0.1, -0.05) is 12.8 Å². The van der Waals surface area contributed by atoms with Crippen molar-refractivity contribution >= 4 is 30.6 Å². The summed E-state index contributed by atoms with van der Waals surface area (Å²) in [6.07, 6.45) is 2.88. The molecule has 1 N–H and O–H groups in total. The minimum atomic E-state index is -0.227. The summed E-state index contributed by atoms with van der Waals surface area (Å²) in [4.78, 5) is 11.0. The minimum Gasteiger partial charge on any atom is -0.381 e. The lowest BCUT2D eigenvalue weighted by atomic mass is 9.93. The lowest BCUT2D eigenvalue weighted by molar-refractivity contribution is -0.112. The summed E-state index contributed by atoms with van der Waals surface area (Å²) in [5, 5.41) is -0.138. The number of carbonyl (C=O) groups excluding carboxylic acids is 1. The third-order valence-corrected chi connectivity index (χ3v) is 2.99. The van der Waals surface area contributed by atoms with Gasteiger partial charge in [0.1, 0.15) is 0 Å². The standard InChI is InChI=1S/C8H15NO2S2/c10-8(12)7(9-13)5-6-1-3-11-4-2-6/h6-7,9,13H,1-5H2,(H,10,12). The maximum absolute atomic E-state index is 11.0. The average Bonchev–Trinajstić information content (AvgIpc) is 2.15. The van der Waals surface area contributed by atoms with Gasteiger partial charge in [0.25, 0.3) is 0 Å². The van der Waals surface area contributed by atoms with Crippen LogP contribution in [0.2, 0.25) is 0 Å². The Morgan fingerprint density at radius 1 is 1.54 bits per heavy atom. The number of thiol groups is 2. The molecule has 1 rings (SSSR count). The highest BCUT2D eigenvalue weighted by Crippen LogP contribution is 2.20. The first-order chi connectivity index (χ1) is 6.24. The normalized spacial score (nSPS) is 21.4. The van der Waals surface area contributed by atoms with Gasteiger partial charge in [0.15, 0.2) is 0 Å². The van der Waals surface area contributed by atoms with Crippen molar-refractivity contribution in [2.24, 2.45) is 5.92 Å². The zero-order chi connectivity index (χ0) is 9.68. The molecule has 0 radical (unpaired) electrons. The molecule has 76 valence electrons. The van der Waals surface area contributed by atoms with Crippen molar-refractivity contribution < 1.29 is 9.53 Å². The van der Waals surface area contributed by atoms with Gasteiger partial charge in [-0.15, -0.1) is 12.6 Å². The number of rotatable bonds is 4. The van der Waals surface area contributed by atoms with Crippen LogP contribution in [0.25, 0.3) is 0 Å². The molecule has 1 aliphatic heterocycles. The molecule has 0 aliphatic carbocycles. The Bertz CT molecular complexity index is 172. The maximum atomic E-state index is 11.0. The fourth-order valence-corrected chi connectivity index (χ4v) is 2.02. The minimum absolute atomic E-state index is 0.138. The second-order valence-electron chi connectivity index (χ2n) is 3.31. The van der Waals surface area contributed by atoms with E-state index in [2.05, 4.69) is 30.2 Å². The largest absolute Gasteiger partial charge is 0.381 e. The van der Waals surface area contributed by atoms with E-state index < -0.39 is 0 Å². The summed E-state index contributed by atoms with van der Waals surface area (Å²) in [6, 6.07) is -0.227. The molecule has 0 saturated carbocycles. The second-order valence-corrected chi connectivity index (χ2v) is 4.01. The van der Waals surface area contributed by atoms with Crippen LogP contribution in [0.15, 0.2) is 0 Å². The summed E-state index contributed by atoms with van der Waals surface area (Å²) in [7, 11) is 0. The third kappa shape index (κ3) is 3.89. The molecule has 1 atom stereocenters. The number of nitrogens with one attached hydrogen (secondary N) is 1. The summed E-state index contributed by atoms with van der Waals surface area (Å²) in [5.41, 5.74) is 0. The van der Waals surface area contributed by atoms with E-state index in [-0.39, 0.29) is 11.2 Å². The van der Waals surface area contributed by atoms with Gasteiger partial charge in [-0.3, -0.25) is 9.52 Å². The van der Waals surface area contributed by atoms with Gasteiger partial charge in [0.05, 0.1) is 6.04 Å². The molecule has 0 bridgehead atoms. The number of hydrogen-bond acceptors (Lipinski definition) is 4. The Kier molecular flexibility index (Phi) is 5.16. The van der Waals surface area contributed by atoms with Gasteiger partial charge in [0.2, 0.25) is 5.12 Å². The van der Waals surface area contributed by atoms with E-state index in [1.54, 1.807) is 0 Å². The molecule has 3 nitrogen and oxygen atoms in total. The Balaban J connectivity index is 2.31. The van der Waals surface area contributed by atoms with Gasteiger partial charge < -0.3 is 4.74 Å². The SMILES string of the molecule is O=C(S)C(CC1CCOCC1)NS. The molecule has 5 heteroatoms. The van der Waals surface area contributed by atoms with E-state index in [0.717, 1.165) is 32.5 Å². The van der Waals surface area contributed by atoms with E-state index in [0.29, 0.717) is 5.92 Å². The van der Waals surface area contributed by atoms with Crippen molar-refractivity contribution in [2.75, 3.05) is 13.2 Å². The molecule has 13 heavy (non-hydrogen) atoms. The molecule has 1 saturated heterocycles. The first-order valence-corrected chi connectivity index (χ1v) is 5.33. The fraction of sp³-hybridized carbons (Fsp3) is 0.875. The van der Waals surface area contributed by atoms with Gasteiger partial charge in [-0.2, -0.15) is 0 Å². The molecule has 0 spiro atoms. The first kappa shape index (κ1) is 11.4. The summed E-state index contributed by atoms with van der Waals surface area (Å²) in [6.45, 7) is 1.62. The fourth-order valence-electron chi connectivity index (χ4n) is 1.52. The average molecular weight is 221 g/mol. The van der Waals surface area contributed by atoms with Crippen LogP contribution in [-0.2, 0) is 9.53 Å². The lowest BCUT2D eigenvalue weighted by Gasteiger charge is -2.24. The third-order valence-electron chi connectivity index (χ3n) is 2.36. The zero-order valence-corrected chi connectivity index (χ0v) is 9.19. The highest BCUT2D eigenvalue weighted by atomic mass is 32.1. The van der Waals surface area contributed by atoms with Crippen molar-refractivity contribution in [2.45, 2.75) is 25.3 Å². The van der Waals surface area contributed by atoms with E-state index >= 15 is 0 Å². The highest BCUT2D eigenvalue weighted by Gasteiger charge is 2.21. The Morgan fingerprint density at radius 2 is 2.15 bits per heavy atom. The van der Waals surface area contributed by atoms with Crippen LogP contribution >= 0.6 is 25.4 Å². The van der Waals surface area contributed by atoms with Crippen LogP contribution in [0.4, 0.5) is 0 Å². The van der Waals surface area contributed by atoms with E-state index in [1.165, 1.54) is 0 Å². The first-order valence-electron chi connectivity index (χ1n) is 4.44. The maximum Gasteiger partial charge on any atom is 0.203 e. The van der Waals surface area contributed by atoms with E-state index in [4.69, 9.17) is 4.74 Å². The van der Waals surface area contributed by atoms with Crippen molar-refractivity contribution in [1.82, 2.24) is 4.72 Å². The molecule has 0 aromatic rings. The van der Waals surface area contributed by atoms with Gasteiger partial charge >= 0.3 is 0 Å². The van der Waals surface area contributed by atoms with Crippen LogP contribution in [0.5, 0.6) is 0 Å². The Hall–Kier alpha value is 0.290. The Labute approximate surface area is 89.6 Å². The van der Waals surface area contributed by atoms with Gasteiger partial charge in [0, 0.05) is 13.2 Å². The number of hydrogen-bond donors (Lipinski definition) is 3. The van der Waals surface area contributed by atoms with Crippen LogP contribution < -0.4 is 4.72 Å². The smallest absolute Gasteiger partial charge is 0.203 e. The van der Waals surface area contributed by atoms with Crippen LogP contribution in [-0.4, -0.2) is 24.4 Å². The Morgan fingerprint density at radius 3 is 2.62 bits per heavy atom. The molecule has 0 amide bonds. The molecule has 1 aliphatic rings. The zero-order valence-electron chi connectivity index (χ0n) is 7.40. The monoisotopic (exact) mass is 221 g/mol. The summed E-state index contributed by atoms with van der Waals surface area (Å²) in [5.74, 6) is 0.564. The van der Waals surface area contributed by atoms with Gasteiger partial charge in [-0.05, 0) is 25.2 Å². The molecule has 1 fully saturated rings. The lowest BCUT2D eigenvalue weighted by Crippen LogP contribution is -2.32. The van der Waals surface area contributed by atoms with Crippen LogP contribution in [0.1, 0.15) is 19.3 Å². The molecular weight excluding hydrogens is 206 g/mol. The van der Waals surface area contributed by atoms with Crippen molar-refractivity contribution in [1.29, 1.82) is 0 Å². The molecule has 1 unspecified atom stereocenters. The molecule has 0 aromatic heterocycles. The van der Waals surface area contributed by atoms with Crippen LogP contribution in [0, 0.1) is 5.92 Å². The quantitative estimate of drug-likeness (QED) is 0.622.